The Labute approximate surface area is 267 Å². The van der Waals surface area contributed by atoms with Gasteiger partial charge in [-0.05, 0) is 101 Å². The van der Waals surface area contributed by atoms with E-state index in [-0.39, 0.29) is 34.0 Å². The lowest BCUT2D eigenvalue weighted by atomic mass is 9.35. The van der Waals surface area contributed by atoms with Crippen LogP contribution in [0.4, 0.5) is 0 Å². The monoisotopic (exact) mass is 632 g/mol. The topological polar surface area (TPSA) is 157 Å². The number of allylic oxidation sites excluding steroid dienone is 3. The molecule has 0 radical (unpaired) electrons. The van der Waals surface area contributed by atoms with Crippen LogP contribution in [0.15, 0.2) is 23.3 Å². The molecule has 0 aromatic heterocycles. The number of carbonyl (C=O) groups is 1. The Hall–Kier alpha value is -1.33. The van der Waals surface area contributed by atoms with E-state index in [0.29, 0.717) is 25.2 Å². The Morgan fingerprint density at radius 3 is 2.29 bits per heavy atom. The third-order valence-electron chi connectivity index (χ3n) is 14.8. The largest absolute Gasteiger partial charge is 0.432 e. The Bertz CT molecular complexity index is 1260. The van der Waals surface area contributed by atoms with Crippen LogP contribution in [0.3, 0.4) is 0 Å². The lowest BCUT2D eigenvalue weighted by Gasteiger charge is -2.69. The van der Waals surface area contributed by atoms with Crippen molar-refractivity contribution in [2.24, 2.45) is 50.7 Å². The van der Waals surface area contributed by atoms with E-state index in [1.807, 2.05) is 0 Å². The molecular weight excluding hydrogens is 576 g/mol. The fourth-order valence-corrected chi connectivity index (χ4v) is 11.7. The molecule has 3 saturated carbocycles. The number of hydrogen-bond donors (Lipinski definition) is 6. The molecule has 5 aliphatic carbocycles. The van der Waals surface area contributed by atoms with Crippen LogP contribution in [-0.2, 0) is 14.3 Å². The summed E-state index contributed by atoms with van der Waals surface area (Å²) in [7, 11) is 0. The third-order valence-corrected chi connectivity index (χ3v) is 14.8. The summed E-state index contributed by atoms with van der Waals surface area (Å²) in [6, 6.07) is 0. The standard InChI is InChI=1S/C36H56O9/c1-18-10-13-36(31(43)45-30-28(41)27(40)26(39)22(17-37)44-30)15-14-34(6)20(25(36)19(18)2)8-9-24-33(5)16-21(38)29(42)32(3,4)23(33)11-12-35(24,34)7/h8-9,18-19,21-24,26-30,37-42H,10-17H2,1-7H3. The van der Waals surface area contributed by atoms with Gasteiger partial charge >= 0.3 is 5.97 Å². The molecule has 45 heavy (non-hydrogen) atoms. The molecule has 9 nitrogen and oxygen atoms in total. The summed E-state index contributed by atoms with van der Waals surface area (Å²) in [4.78, 5) is 14.4. The fourth-order valence-electron chi connectivity index (χ4n) is 11.7. The summed E-state index contributed by atoms with van der Waals surface area (Å²) in [5.41, 5.74) is 0.404. The summed E-state index contributed by atoms with van der Waals surface area (Å²) < 4.78 is 11.5. The Morgan fingerprint density at radius 2 is 1.62 bits per heavy atom. The summed E-state index contributed by atoms with van der Waals surface area (Å²) >= 11 is 0. The number of fused-ring (bicyclic) bond motifs is 6. The van der Waals surface area contributed by atoms with Crippen LogP contribution in [-0.4, -0.2) is 86.1 Å². The summed E-state index contributed by atoms with van der Waals surface area (Å²) in [6.45, 7) is 15.1. The van der Waals surface area contributed by atoms with Gasteiger partial charge in [0.05, 0.1) is 24.2 Å². The lowest BCUT2D eigenvalue weighted by Crippen LogP contribution is -2.66. The second-order valence-corrected chi connectivity index (χ2v) is 17.0. The first kappa shape index (κ1) is 33.6. The number of aliphatic hydroxyl groups excluding tert-OH is 6. The van der Waals surface area contributed by atoms with Crippen molar-refractivity contribution in [3.05, 3.63) is 23.3 Å². The second-order valence-electron chi connectivity index (χ2n) is 17.0. The van der Waals surface area contributed by atoms with Gasteiger partial charge < -0.3 is 40.1 Å². The number of aliphatic hydroxyl groups is 6. The van der Waals surface area contributed by atoms with Crippen molar-refractivity contribution in [3.63, 3.8) is 0 Å². The zero-order valence-electron chi connectivity index (χ0n) is 28.1. The summed E-state index contributed by atoms with van der Waals surface area (Å²) in [6.07, 6.45) is 0.917. The normalized spacial score (nSPS) is 53.9. The van der Waals surface area contributed by atoms with Crippen LogP contribution in [0.5, 0.6) is 0 Å². The average molecular weight is 633 g/mol. The maximum Gasteiger partial charge on any atom is 0.318 e. The molecule has 1 heterocycles. The highest BCUT2D eigenvalue weighted by Crippen LogP contribution is 2.74. The van der Waals surface area contributed by atoms with Gasteiger partial charge in [0.15, 0.2) is 0 Å². The Kier molecular flexibility index (Phi) is 8.09. The molecule has 15 unspecified atom stereocenters. The van der Waals surface area contributed by atoms with Crippen molar-refractivity contribution in [1.29, 1.82) is 0 Å². The number of ether oxygens (including phenoxy) is 2. The highest BCUT2D eigenvalue weighted by Gasteiger charge is 2.68. The molecule has 9 heteroatoms. The Morgan fingerprint density at radius 1 is 0.933 bits per heavy atom. The van der Waals surface area contributed by atoms with Crippen molar-refractivity contribution in [1.82, 2.24) is 0 Å². The van der Waals surface area contributed by atoms with Crippen LogP contribution < -0.4 is 0 Å². The van der Waals surface area contributed by atoms with Gasteiger partial charge in [-0.2, -0.15) is 0 Å². The first-order valence-corrected chi connectivity index (χ1v) is 17.2. The first-order valence-electron chi connectivity index (χ1n) is 17.2. The zero-order chi connectivity index (χ0) is 33.1. The molecule has 15 atom stereocenters. The van der Waals surface area contributed by atoms with Gasteiger partial charge in [-0.25, -0.2) is 0 Å². The molecule has 6 N–H and O–H groups in total. The van der Waals surface area contributed by atoms with Crippen LogP contribution in [0, 0.1) is 50.7 Å². The summed E-state index contributed by atoms with van der Waals surface area (Å²) in [5, 5.41) is 63.1. The van der Waals surface area contributed by atoms with Crippen LogP contribution in [0.25, 0.3) is 0 Å². The van der Waals surface area contributed by atoms with Gasteiger partial charge in [-0.1, -0.05) is 60.6 Å². The van der Waals surface area contributed by atoms with E-state index in [1.54, 1.807) is 0 Å². The quantitative estimate of drug-likeness (QED) is 0.257. The molecule has 0 bridgehead atoms. The maximum absolute atomic E-state index is 14.4. The predicted molar refractivity (Wildman–Crippen MR) is 166 cm³/mol. The molecule has 0 spiro atoms. The minimum absolute atomic E-state index is 0.109. The molecule has 1 aliphatic heterocycles. The van der Waals surface area contributed by atoms with E-state index < -0.39 is 66.3 Å². The van der Waals surface area contributed by atoms with Crippen molar-refractivity contribution in [3.8, 4) is 0 Å². The number of rotatable bonds is 3. The number of carbonyl (C=O) groups excluding carboxylic acids is 1. The van der Waals surface area contributed by atoms with E-state index in [4.69, 9.17) is 9.47 Å². The van der Waals surface area contributed by atoms with Gasteiger partial charge in [-0.3, -0.25) is 4.79 Å². The van der Waals surface area contributed by atoms with Crippen molar-refractivity contribution in [2.45, 2.75) is 136 Å². The lowest BCUT2D eigenvalue weighted by molar-refractivity contribution is -0.295. The van der Waals surface area contributed by atoms with Crippen molar-refractivity contribution in [2.75, 3.05) is 6.61 Å². The molecule has 4 fully saturated rings. The molecule has 0 aromatic rings. The summed E-state index contributed by atoms with van der Waals surface area (Å²) in [5.74, 6) is 0.416. The van der Waals surface area contributed by atoms with Crippen LogP contribution in [0.1, 0.15) is 93.4 Å². The minimum atomic E-state index is -1.65. The minimum Gasteiger partial charge on any atom is -0.432 e. The highest BCUT2D eigenvalue weighted by molar-refractivity contribution is 5.82. The van der Waals surface area contributed by atoms with Gasteiger partial charge in [0, 0.05) is 0 Å². The Balaban J connectivity index is 1.42. The van der Waals surface area contributed by atoms with Gasteiger partial charge in [0.1, 0.15) is 24.4 Å². The van der Waals surface area contributed by atoms with Crippen LogP contribution >= 0.6 is 0 Å². The van der Waals surface area contributed by atoms with E-state index in [2.05, 4.69) is 60.6 Å². The SMILES string of the molecule is CC1CCC2(C(=O)OC3OC(CO)C(O)C(O)C3O)CCC3(C)C(=C2C1C)C=CC1C2(C)CC(O)C(O)C(C)(C)C2CCC13C. The van der Waals surface area contributed by atoms with E-state index in [1.165, 1.54) is 5.57 Å². The molecule has 0 aromatic carbocycles. The van der Waals surface area contributed by atoms with E-state index >= 15 is 0 Å². The predicted octanol–water partition coefficient (Wildman–Crippen LogP) is 3.24. The van der Waals surface area contributed by atoms with Crippen molar-refractivity contribution < 1.29 is 44.9 Å². The van der Waals surface area contributed by atoms with Gasteiger partial charge in [0.25, 0.3) is 0 Å². The molecule has 0 amide bonds. The van der Waals surface area contributed by atoms with Gasteiger partial charge in [-0.15, -0.1) is 0 Å². The maximum atomic E-state index is 14.4. The molecule has 254 valence electrons. The number of esters is 1. The smallest absolute Gasteiger partial charge is 0.318 e. The third kappa shape index (κ3) is 4.40. The molecule has 1 saturated heterocycles. The van der Waals surface area contributed by atoms with Crippen molar-refractivity contribution >= 4 is 5.97 Å². The van der Waals surface area contributed by atoms with Gasteiger partial charge in [0.2, 0.25) is 6.29 Å². The highest BCUT2D eigenvalue weighted by atomic mass is 16.7. The first-order chi connectivity index (χ1) is 20.9. The molecular formula is C36H56O9. The molecule has 6 aliphatic rings. The average Bonchev–Trinajstić information content (AvgIpc) is 2.98. The fraction of sp³-hybridized carbons (Fsp3) is 0.861. The molecule has 6 rings (SSSR count). The van der Waals surface area contributed by atoms with E-state index in [9.17, 15) is 35.4 Å². The second kappa shape index (κ2) is 10.8. The van der Waals surface area contributed by atoms with Crippen LogP contribution in [0.2, 0.25) is 0 Å². The van der Waals surface area contributed by atoms with E-state index in [0.717, 1.165) is 31.3 Å². The zero-order valence-corrected chi connectivity index (χ0v) is 28.1. The number of hydrogen-bond acceptors (Lipinski definition) is 9.